The Bertz CT molecular complexity index is 524. The summed E-state index contributed by atoms with van der Waals surface area (Å²) in [5, 5.41) is 22.2. The zero-order chi connectivity index (χ0) is 12.8. The van der Waals surface area contributed by atoms with Crippen molar-refractivity contribution in [1.82, 2.24) is 10.2 Å². The molecule has 0 aliphatic heterocycles. The predicted molar refractivity (Wildman–Crippen MR) is 68.3 cm³/mol. The highest BCUT2D eigenvalue weighted by Gasteiger charge is 2.02. The monoisotopic (exact) mass is 243 g/mol. The van der Waals surface area contributed by atoms with Gasteiger partial charge in [-0.3, -0.25) is 0 Å². The van der Waals surface area contributed by atoms with Crippen LogP contribution in [0, 0.1) is 0 Å². The van der Waals surface area contributed by atoms with E-state index in [1.807, 2.05) is 30.3 Å². The lowest BCUT2D eigenvalue weighted by molar-refractivity contribution is 0.318. The van der Waals surface area contributed by atoms with Crippen LogP contribution >= 0.6 is 0 Å². The number of oxime groups is 1. The van der Waals surface area contributed by atoms with Gasteiger partial charge in [0.1, 0.15) is 11.5 Å². The third kappa shape index (κ3) is 2.94. The smallest absolute Gasteiger partial charge is 0.190 e. The van der Waals surface area contributed by atoms with Crippen LogP contribution in [0.25, 0.3) is 0 Å². The van der Waals surface area contributed by atoms with E-state index in [-0.39, 0.29) is 5.84 Å². The molecule has 0 saturated heterocycles. The van der Waals surface area contributed by atoms with Crippen LogP contribution in [0.1, 0.15) is 11.3 Å². The number of nitrogens with zero attached hydrogens (tertiary/aromatic N) is 3. The fraction of sp³-hybridized carbons (Fsp3) is 0.0833. The molecule has 2 rings (SSSR count). The molecule has 6 nitrogen and oxygen atoms in total. The van der Waals surface area contributed by atoms with Gasteiger partial charge >= 0.3 is 0 Å². The van der Waals surface area contributed by atoms with E-state index in [4.69, 9.17) is 10.9 Å². The van der Waals surface area contributed by atoms with Gasteiger partial charge in [0.05, 0.1) is 0 Å². The van der Waals surface area contributed by atoms with Gasteiger partial charge in [-0.2, -0.15) is 0 Å². The first kappa shape index (κ1) is 11.8. The van der Waals surface area contributed by atoms with Crippen molar-refractivity contribution in [1.29, 1.82) is 0 Å². The number of benzene rings is 1. The molecule has 6 heteroatoms. The average Bonchev–Trinajstić information content (AvgIpc) is 2.46. The zero-order valence-corrected chi connectivity index (χ0v) is 9.61. The SMILES string of the molecule is N/C(=N\O)c1ccc(NCc2ccccc2)nn1. The predicted octanol–water partition coefficient (Wildman–Crippen LogP) is 1.18. The lowest BCUT2D eigenvalue weighted by Gasteiger charge is -2.05. The van der Waals surface area contributed by atoms with Crippen molar-refractivity contribution in [3.8, 4) is 0 Å². The van der Waals surface area contributed by atoms with E-state index in [0.717, 1.165) is 5.56 Å². The van der Waals surface area contributed by atoms with Crippen molar-refractivity contribution < 1.29 is 5.21 Å². The van der Waals surface area contributed by atoms with Gasteiger partial charge in [-0.15, -0.1) is 10.2 Å². The third-order valence-corrected chi connectivity index (χ3v) is 2.35. The molecule has 1 heterocycles. The van der Waals surface area contributed by atoms with Crippen molar-refractivity contribution >= 4 is 11.7 Å². The van der Waals surface area contributed by atoms with Gasteiger partial charge < -0.3 is 16.3 Å². The minimum Gasteiger partial charge on any atom is -0.409 e. The topological polar surface area (TPSA) is 96.4 Å². The second-order valence-electron chi connectivity index (χ2n) is 3.63. The van der Waals surface area contributed by atoms with Gasteiger partial charge in [-0.1, -0.05) is 35.5 Å². The Morgan fingerprint density at radius 2 is 1.94 bits per heavy atom. The average molecular weight is 243 g/mol. The van der Waals surface area contributed by atoms with Crippen LogP contribution in [0.15, 0.2) is 47.6 Å². The molecule has 4 N–H and O–H groups in total. The molecule has 0 aliphatic carbocycles. The first-order chi connectivity index (χ1) is 8.79. The van der Waals surface area contributed by atoms with Gasteiger partial charge in [0.25, 0.3) is 0 Å². The van der Waals surface area contributed by atoms with Gasteiger partial charge in [-0.25, -0.2) is 0 Å². The molecule has 2 aromatic rings. The molecule has 0 fully saturated rings. The molecule has 0 aliphatic rings. The van der Waals surface area contributed by atoms with Gasteiger partial charge in [0.15, 0.2) is 5.84 Å². The molecule has 1 aromatic carbocycles. The second-order valence-corrected chi connectivity index (χ2v) is 3.63. The fourth-order valence-corrected chi connectivity index (χ4v) is 1.40. The maximum Gasteiger partial charge on any atom is 0.190 e. The molecule has 92 valence electrons. The Hall–Kier alpha value is -2.63. The van der Waals surface area contributed by atoms with Crippen molar-refractivity contribution in [3.05, 3.63) is 53.7 Å². The van der Waals surface area contributed by atoms with Gasteiger partial charge in [-0.05, 0) is 17.7 Å². The van der Waals surface area contributed by atoms with Crippen LogP contribution in [0.5, 0.6) is 0 Å². The quantitative estimate of drug-likeness (QED) is 0.324. The van der Waals surface area contributed by atoms with E-state index in [2.05, 4.69) is 20.7 Å². The Morgan fingerprint density at radius 1 is 1.17 bits per heavy atom. The molecule has 0 unspecified atom stereocenters. The summed E-state index contributed by atoms with van der Waals surface area (Å²) in [5.74, 6) is 0.574. The summed E-state index contributed by atoms with van der Waals surface area (Å²) in [4.78, 5) is 0. The molecule has 1 aromatic heterocycles. The zero-order valence-electron chi connectivity index (χ0n) is 9.61. The van der Waals surface area contributed by atoms with Crippen molar-refractivity contribution in [2.75, 3.05) is 5.32 Å². The molecular weight excluding hydrogens is 230 g/mol. The summed E-state index contributed by atoms with van der Waals surface area (Å²) in [6, 6.07) is 13.3. The van der Waals surface area contributed by atoms with Crippen LogP contribution in [-0.4, -0.2) is 21.2 Å². The van der Waals surface area contributed by atoms with Crippen LogP contribution in [0.2, 0.25) is 0 Å². The standard InChI is InChI=1S/C12H13N5O/c13-12(17-18)10-6-7-11(16-15-10)14-8-9-4-2-1-3-5-9/h1-7,18H,8H2,(H2,13,17)(H,14,16). The summed E-state index contributed by atoms with van der Waals surface area (Å²) in [7, 11) is 0. The summed E-state index contributed by atoms with van der Waals surface area (Å²) < 4.78 is 0. The van der Waals surface area contributed by atoms with E-state index in [1.165, 1.54) is 0 Å². The first-order valence-corrected chi connectivity index (χ1v) is 5.39. The fourth-order valence-electron chi connectivity index (χ4n) is 1.40. The molecule has 0 bridgehead atoms. The largest absolute Gasteiger partial charge is 0.409 e. The number of hydrogen-bond acceptors (Lipinski definition) is 5. The highest BCUT2D eigenvalue weighted by molar-refractivity contribution is 5.95. The lowest BCUT2D eigenvalue weighted by Crippen LogP contribution is -2.16. The van der Waals surface area contributed by atoms with Crippen molar-refractivity contribution in [3.63, 3.8) is 0 Å². The molecule has 0 amide bonds. The van der Waals surface area contributed by atoms with Gasteiger partial charge in [0.2, 0.25) is 0 Å². The van der Waals surface area contributed by atoms with E-state index >= 15 is 0 Å². The van der Waals surface area contributed by atoms with Crippen molar-refractivity contribution in [2.45, 2.75) is 6.54 Å². The Morgan fingerprint density at radius 3 is 2.56 bits per heavy atom. The molecule has 18 heavy (non-hydrogen) atoms. The highest BCUT2D eigenvalue weighted by Crippen LogP contribution is 2.05. The van der Waals surface area contributed by atoms with E-state index in [0.29, 0.717) is 18.1 Å². The number of aromatic nitrogens is 2. The first-order valence-electron chi connectivity index (χ1n) is 5.39. The lowest BCUT2D eigenvalue weighted by atomic mass is 10.2. The van der Waals surface area contributed by atoms with E-state index in [1.54, 1.807) is 12.1 Å². The maximum atomic E-state index is 8.49. The minimum atomic E-state index is -0.0582. The van der Waals surface area contributed by atoms with Crippen LogP contribution in [-0.2, 0) is 6.54 Å². The summed E-state index contributed by atoms with van der Waals surface area (Å²) in [6.07, 6.45) is 0. The van der Waals surface area contributed by atoms with E-state index < -0.39 is 0 Å². The van der Waals surface area contributed by atoms with Crippen molar-refractivity contribution in [2.24, 2.45) is 10.9 Å². The second kappa shape index (κ2) is 5.62. The number of anilines is 1. The summed E-state index contributed by atoms with van der Waals surface area (Å²) >= 11 is 0. The Balaban J connectivity index is 1.99. The van der Waals surface area contributed by atoms with Crippen LogP contribution in [0.3, 0.4) is 0 Å². The van der Waals surface area contributed by atoms with Gasteiger partial charge in [0, 0.05) is 6.54 Å². The molecular formula is C12H13N5O. The minimum absolute atomic E-state index is 0.0582. The number of rotatable bonds is 4. The maximum absolute atomic E-state index is 8.49. The number of nitrogens with one attached hydrogen (secondary N) is 1. The highest BCUT2D eigenvalue weighted by atomic mass is 16.4. The summed E-state index contributed by atoms with van der Waals surface area (Å²) in [6.45, 7) is 0.665. The van der Waals surface area contributed by atoms with E-state index in [9.17, 15) is 0 Å². The Labute approximate surface area is 104 Å². The number of hydrogen-bond donors (Lipinski definition) is 3. The molecule has 0 saturated carbocycles. The molecule has 0 radical (unpaired) electrons. The Kier molecular flexibility index (Phi) is 3.70. The molecule has 0 spiro atoms. The van der Waals surface area contributed by atoms with Crippen LogP contribution < -0.4 is 11.1 Å². The third-order valence-electron chi connectivity index (χ3n) is 2.35. The number of nitrogens with two attached hydrogens (primary N) is 1. The number of amidine groups is 1. The normalized spacial score (nSPS) is 11.2. The van der Waals surface area contributed by atoms with Crippen LogP contribution in [0.4, 0.5) is 5.82 Å². The molecule has 0 atom stereocenters. The summed E-state index contributed by atoms with van der Waals surface area (Å²) in [5.41, 5.74) is 6.87.